The average molecular weight is 1100 g/mol. The molecule has 2 aliphatic rings. The van der Waals surface area contributed by atoms with E-state index in [2.05, 4.69) is 37.2 Å². The van der Waals surface area contributed by atoms with E-state index < -0.39 is 145 Å². The van der Waals surface area contributed by atoms with Gasteiger partial charge in [0.15, 0.2) is 0 Å². The molecular formula is C47H67N13O14S2. The second-order valence-corrected chi connectivity index (χ2v) is 20.2. The molecule has 0 bridgehead atoms. The normalized spacial score (nSPS) is 22.3. The first-order valence-electron chi connectivity index (χ1n) is 24.0. The molecule has 2 fully saturated rings. The van der Waals surface area contributed by atoms with Gasteiger partial charge < -0.3 is 81.0 Å². The number of phenolic OH excluding ortho intramolecular Hbond substituents is 1. The van der Waals surface area contributed by atoms with Crippen LogP contribution < -0.4 is 65.9 Å². The summed E-state index contributed by atoms with van der Waals surface area (Å²) in [5.74, 6) is -10.9. The van der Waals surface area contributed by atoms with Gasteiger partial charge in [-0.15, -0.1) is 0 Å². The molecule has 416 valence electrons. The molecule has 29 heteroatoms. The fraction of sp³-hybridized carbons (Fsp3) is 0.489. The van der Waals surface area contributed by atoms with E-state index in [9.17, 15) is 57.8 Å². The van der Waals surface area contributed by atoms with Crippen molar-refractivity contribution in [2.24, 2.45) is 28.7 Å². The molecule has 0 aliphatic carbocycles. The molecule has 0 aromatic heterocycles. The van der Waals surface area contributed by atoms with Crippen LogP contribution in [0.2, 0.25) is 0 Å². The number of benzene rings is 2. The van der Waals surface area contributed by atoms with E-state index in [1.807, 2.05) is 0 Å². The molecule has 1 unspecified atom stereocenters. The number of carbonyl (C=O) groups is 12. The van der Waals surface area contributed by atoms with Gasteiger partial charge in [0.05, 0.1) is 19.0 Å². The summed E-state index contributed by atoms with van der Waals surface area (Å²) in [4.78, 5) is 158. The molecule has 2 heterocycles. The van der Waals surface area contributed by atoms with Crippen LogP contribution in [0.1, 0.15) is 63.0 Å². The number of hydrogen-bond acceptors (Lipinski definition) is 17. The summed E-state index contributed by atoms with van der Waals surface area (Å²) in [6, 6.07) is 3.04. The Morgan fingerprint density at radius 2 is 1.26 bits per heavy atom. The summed E-state index contributed by atoms with van der Waals surface area (Å²) in [6.07, 6.45) is -1.10. The Hall–Kier alpha value is -7.50. The van der Waals surface area contributed by atoms with E-state index in [4.69, 9.17) is 38.6 Å². The smallest absolute Gasteiger partial charge is 0.300 e. The number of nitrogens with two attached hydrogens (primary N) is 5. The van der Waals surface area contributed by atoms with Crippen molar-refractivity contribution >= 4 is 92.5 Å². The maximum Gasteiger partial charge on any atom is 0.300 e. The molecule has 0 radical (unpaired) electrons. The van der Waals surface area contributed by atoms with Crippen molar-refractivity contribution in [3.8, 4) is 5.75 Å². The van der Waals surface area contributed by atoms with E-state index in [0.717, 1.165) is 28.5 Å². The fourth-order valence-electron chi connectivity index (χ4n) is 7.62. The number of rotatable bonds is 18. The van der Waals surface area contributed by atoms with Gasteiger partial charge >= 0.3 is 0 Å². The number of aliphatic carboxylic acids is 1. The van der Waals surface area contributed by atoms with E-state index in [1.165, 1.54) is 29.2 Å². The molecular weight excluding hydrogens is 1030 g/mol. The van der Waals surface area contributed by atoms with Crippen molar-refractivity contribution in [1.82, 2.24) is 42.1 Å². The minimum Gasteiger partial charge on any atom is -0.508 e. The standard InChI is InChI=1S/C45H63N13O12S2.C2H4O2/c46-16-4-8-28(39(64)51-21-37(50)62)53-44(69)34-9-5-17-58(34)45(70)33-23-72-71-22-27(47)38(63)54-30(19-25-10-12-26(59)13-11-25)42(67)55-31(18-24-6-2-1-3-7-24)41(66)52-29(14-15-35(48)60)40(65)56-32(20-36(49)61)43(68)57-33;1-2(3)4/h1-3,6-7,10-13,27-34,59H,4-5,8-9,14-23,46-47H2,(H2,48,60)(H2,49,61)(H2,50,62)(H,51,64)(H,52,66)(H,53,69)(H,54,63)(H,55,67)(H,56,65)(H,57,68);1H3,(H,3,4)/t27-,28-,29-,30?,31-,32-,33-,34-;/m0./s1. The first-order chi connectivity index (χ1) is 36.0. The minimum absolute atomic E-state index is 0.0281. The Balaban J connectivity index is 0.00000366. The predicted molar refractivity (Wildman–Crippen MR) is 277 cm³/mol. The van der Waals surface area contributed by atoms with Gasteiger partial charge in [0, 0.05) is 44.2 Å². The molecule has 76 heavy (non-hydrogen) atoms. The van der Waals surface area contributed by atoms with Gasteiger partial charge in [0.1, 0.15) is 48.0 Å². The summed E-state index contributed by atoms with van der Waals surface area (Å²) >= 11 is 0. The van der Waals surface area contributed by atoms with Crippen molar-refractivity contribution in [1.29, 1.82) is 0 Å². The van der Waals surface area contributed by atoms with E-state index in [1.54, 1.807) is 30.3 Å². The number of carboxylic acid groups (broad SMARTS) is 1. The molecule has 11 amide bonds. The van der Waals surface area contributed by atoms with Crippen LogP contribution in [0.15, 0.2) is 54.6 Å². The van der Waals surface area contributed by atoms with Crippen LogP contribution in [0, 0.1) is 0 Å². The minimum atomic E-state index is -1.78. The fourth-order valence-corrected chi connectivity index (χ4v) is 9.90. The zero-order chi connectivity index (χ0) is 56.5. The summed E-state index contributed by atoms with van der Waals surface area (Å²) in [5, 5.41) is 35.1. The maximum atomic E-state index is 14.5. The van der Waals surface area contributed by atoms with E-state index in [0.29, 0.717) is 24.0 Å². The summed E-state index contributed by atoms with van der Waals surface area (Å²) in [5.41, 5.74) is 29.2. The molecule has 0 saturated carbocycles. The number of hydrogen-bond donors (Lipinski definition) is 14. The lowest BCUT2D eigenvalue weighted by atomic mass is 10.0. The number of likely N-dealkylation sites (tertiary alicyclic amines) is 1. The highest BCUT2D eigenvalue weighted by Gasteiger charge is 2.40. The third kappa shape index (κ3) is 22.1. The monoisotopic (exact) mass is 1100 g/mol. The van der Waals surface area contributed by atoms with Crippen molar-refractivity contribution in [3.05, 3.63) is 65.7 Å². The second-order valence-electron chi connectivity index (χ2n) is 17.6. The van der Waals surface area contributed by atoms with Gasteiger partial charge in [0.25, 0.3) is 5.97 Å². The number of nitrogens with zero attached hydrogens (tertiary/aromatic N) is 1. The summed E-state index contributed by atoms with van der Waals surface area (Å²) in [6.45, 7) is 0.784. The lowest BCUT2D eigenvalue weighted by Crippen LogP contribution is -2.61. The van der Waals surface area contributed by atoms with Crippen LogP contribution in [-0.4, -0.2) is 166 Å². The number of aromatic hydroxyl groups is 1. The Bertz CT molecular complexity index is 2380. The molecule has 2 aliphatic heterocycles. The summed E-state index contributed by atoms with van der Waals surface area (Å²) < 4.78 is 0. The van der Waals surface area contributed by atoms with Crippen molar-refractivity contribution in [2.45, 2.75) is 113 Å². The highest BCUT2D eigenvalue weighted by molar-refractivity contribution is 8.76. The molecule has 2 aromatic rings. The number of carboxylic acids is 1. The molecule has 2 aromatic carbocycles. The topological polar surface area (TPSA) is 463 Å². The van der Waals surface area contributed by atoms with Gasteiger partial charge in [-0.25, -0.2) is 0 Å². The number of phenols is 1. The van der Waals surface area contributed by atoms with Crippen LogP contribution in [0.5, 0.6) is 5.75 Å². The first-order valence-corrected chi connectivity index (χ1v) is 26.4. The van der Waals surface area contributed by atoms with Crippen molar-refractivity contribution < 1.29 is 67.7 Å². The molecule has 4 rings (SSSR count). The van der Waals surface area contributed by atoms with Crippen molar-refractivity contribution in [2.75, 3.05) is 31.1 Å². The Morgan fingerprint density at radius 1 is 0.724 bits per heavy atom. The lowest BCUT2D eigenvalue weighted by Gasteiger charge is -2.31. The van der Waals surface area contributed by atoms with Crippen LogP contribution in [-0.2, 0) is 70.4 Å². The third-order valence-electron chi connectivity index (χ3n) is 11.4. The van der Waals surface area contributed by atoms with Crippen LogP contribution in [0.25, 0.3) is 0 Å². The van der Waals surface area contributed by atoms with Gasteiger partial charge in [-0.1, -0.05) is 64.1 Å². The maximum absolute atomic E-state index is 14.5. The molecule has 0 spiro atoms. The van der Waals surface area contributed by atoms with Crippen LogP contribution >= 0.6 is 21.6 Å². The van der Waals surface area contributed by atoms with Gasteiger partial charge in [-0.3, -0.25) is 57.5 Å². The molecule has 27 nitrogen and oxygen atoms in total. The highest BCUT2D eigenvalue weighted by atomic mass is 33.1. The SMILES string of the molecule is CC(=O)O.NCCC[C@H](NC(=O)[C@@H]1CCCN1C(=O)[C@@H]1CSSC[C@H](N)C(=O)NC(Cc2ccc(O)cc2)C(=O)N[C@@H](Cc2ccccc2)C(=O)N[C@@H](CCC(N)=O)C(=O)N[C@@H](CC(N)=O)C(=O)N1)C(=O)NCC(N)=O. The molecule has 8 atom stereocenters. The number of nitrogens with one attached hydrogen (secondary N) is 7. The lowest BCUT2D eigenvalue weighted by molar-refractivity contribution is -0.142. The highest BCUT2D eigenvalue weighted by Crippen LogP contribution is 2.26. The van der Waals surface area contributed by atoms with Crippen molar-refractivity contribution in [3.63, 3.8) is 0 Å². The Morgan fingerprint density at radius 3 is 1.84 bits per heavy atom. The number of amides is 11. The van der Waals surface area contributed by atoms with Gasteiger partial charge in [-0.2, -0.15) is 0 Å². The van der Waals surface area contributed by atoms with Gasteiger partial charge in [0.2, 0.25) is 65.0 Å². The molecule has 2 saturated heterocycles. The van der Waals surface area contributed by atoms with Crippen LogP contribution in [0.3, 0.4) is 0 Å². The number of primary amides is 3. The first kappa shape index (κ1) is 62.8. The van der Waals surface area contributed by atoms with E-state index in [-0.39, 0.29) is 56.0 Å². The Kier molecular flexibility index (Phi) is 26.5. The number of carbonyl (C=O) groups excluding carboxylic acids is 11. The zero-order valence-corrected chi connectivity index (χ0v) is 43.3. The third-order valence-corrected chi connectivity index (χ3v) is 13.8. The van der Waals surface area contributed by atoms with E-state index >= 15 is 0 Å². The Labute approximate surface area is 445 Å². The molecule has 19 N–H and O–H groups in total. The zero-order valence-electron chi connectivity index (χ0n) is 41.7. The largest absolute Gasteiger partial charge is 0.508 e. The average Bonchev–Trinajstić information content (AvgIpc) is 3.86. The summed E-state index contributed by atoms with van der Waals surface area (Å²) in [7, 11) is 2.02. The van der Waals surface area contributed by atoms with Crippen LogP contribution in [0.4, 0.5) is 0 Å². The second kappa shape index (κ2) is 32.1. The van der Waals surface area contributed by atoms with Gasteiger partial charge in [-0.05, 0) is 61.9 Å². The quantitative estimate of drug-likeness (QED) is 0.0625. The predicted octanol–water partition coefficient (Wildman–Crippen LogP) is -4.63.